The lowest BCUT2D eigenvalue weighted by molar-refractivity contribution is -0.195. The molecule has 1 aromatic carbocycles. The summed E-state index contributed by atoms with van der Waals surface area (Å²) in [5.41, 5.74) is 9.74. The third-order valence-electron chi connectivity index (χ3n) is 23.6. The highest BCUT2D eigenvalue weighted by atomic mass is 33.1. The lowest BCUT2D eigenvalue weighted by Crippen LogP contribution is -2.67. The normalized spacial score (nSPS) is 45.2. The van der Waals surface area contributed by atoms with Gasteiger partial charge < -0.3 is 62.3 Å². The number of H-pyrrole nitrogens is 1. The highest BCUT2D eigenvalue weighted by molar-refractivity contribution is 8.76. The van der Waals surface area contributed by atoms with Gasteiger partial charge >= 0.3 is 5.97 Å². The van der Waals surface area contributed by atoms with Gasteiger partial charge in [-0.25, -0.2) is 0 Å². The van der Waals surface area contributed by atoms with Gasteiger partial charge in [0.2, 0.25) is 0 Å². The lowest BCUT2D eigenvalue weighted by Gasteiger charge is -2.63. The second kappa shape index (κ2) is 22.8. The number of aromatic hydroxyl groups is 1. The van der Waals surface area contributed by atoms with Crippen molar-refractivity contribution in [3.8, 4) is 17.6 Å². The molecule has 1 aromatic heterocycles. The first-order valence-electron chi connectivity index (χ1n) is 30.9. The summed E-state index contributed by atoms with van der Waals surface area (Å²) < 4.78 is 6.04. The topological polar surface area (TPSA) is 294 Å². The van der Waals surface area contributed by atoms with Crippen LogP contribution < -0.4 is 16.8 Å². The van der Waals surface area contributed by atoms with Crippen molar-refractivity contribution >= 4 is 45.1 Å². The molecule has 10 aliphatic rings. The number of nitrogens with one attached hydrogen (secondary N) is 2. The number of phenols is 1. The number of nitrogens with two attached hydrogens (primary N) is 2. The molecule has 8 aliphatic carbocycles. The number of aromatic nitrogens is 1. The van der Waals surface area contributed by atoms with Crippen molar-refractivity contribution in [2.24, 2.45) is 110 Å². The quantitative estimate of drug-likeness (QED) is 0.0373. The molecule has 450 valence electrons. The fraction of sp³-hybridized carbons (Fsp3) is 0.692. The van der Waals surface area contributed by atoms with Crippen LogP contribution in [0.4, 0.5) is 0 Å². The number of hydrogen-bond acceptors (Lipinski definition) is 15. The van der Waals surface area contributed by atoms with E-state index in [-0.39, 0.29) is 147 Å². The second-order valence-electron chi connectivity index (χ2n) is 27.8. The number of Topliss-reactive ketones (excluding diaryl/α,β-unsaturated/α-hetero) is 2. The Morgan fingerprint density at radius 1 is 0.928 bits per heavy atom. The maximum Gasteiger partial charge on any atom is 0.313 e. The molecule has 0 amide bonds. The zero-order valence-corrected chi connectivity index (χ0v) is 49.8. The number of aromatic amines is 1. The fourth-order valence-electron chi connectivity index (χ4n) is 20.2. The van der Waals surface area contributed by atoms with Crippen LogP contribution in [0.25, 0.3) is 0 Å². The van der Waals surface area contributed by atoms with E-state index in [1.165, 1.54) is 16.4 Å². The zero-order valence-electron chi connectivity index (χ0n) is 48.2. The lowest BCUT2D eigenvalue weighted by atomic mass is 9.43. The molecule has 3 heterocycles. The molecule has 2 saturated heterocycles. The van der Waals surface area contributed by atoms with Crippen molar-refractivity contribution in [2.45, 2.75) is 146 Å². The van der Waals surface area contributed by atoms with Crippen LogP contribution in [0.1, 0.15) is 127 Å². The van der Waals surface area contributed by atoms with Gasteiger partial charge in [-0.1, -0.05) is 65.1 Å². The number of esters is 1. The summed E-state index contributed by atoms with van der Waals surface area (Å²) in [5, 5.41) is 91.3. The number of guanidine groups is 1. The Labute approximate surface area is 495 Å². The van der Waals surface area contributed by atoms with Gasteiger partial charge in [0.25, 0.3) is 0 Å². The number of aliphatic hydroxyl groups excluding tert-OH is 4. The molecule has 7 fully saturated rings. The van der Waals surface area contributed by atoms with Crippen LogP contribution in [-0.4, -0.2) is 132 Å². The molecule has 13 N–H and O–H groups in total. The number of aliphatic imine (C=N–C) groups is 1. The molecule has 0 spiro atoms. The number of fused-ring (bicyclic) bond motifs is 8. The highest BCUT2D eigenvalue weighted by Gasteiger charge is 2.75. The highest BCUT2D eigenvalue weighted by Crippen LogP contribution is 2.73. The van der Waals surface area contributed by atoms with E-state index in [1.54, 1.807) is 29.9 Å². The molecule has 16 nitrogen and oxygen atoms in total. The Bertz CT molecular complexity index is 2960. The summed E-state index contributed by atoms with van der Waals surface area (Å²) in [7, 11) is 3.06. The van der Waals surface area contributed by atoms with Crippen molar-refractivity contribution in [1.82, 2.24) is 10.3 Å². The number of cyclic esters (lactones) is 1. The predicted molar refractivity (Wildman–Crippen MR) is 318 cm³/mol. The number of carbonyl (C=O) groups is 3. The van der Waals surface area contributed by atoms with Gasteiger partial charge in [-0.05, 0) is 171 Å². The van der Waals surface area contributed by atoms with Crippen LogP contribution in [-0.2, 0) is 19.1 Å². The van der Waals surface area contributed by atoms with E-state index in [9.17, 15) is 45.3 Å². The number of ether oxygens (including phenoxy) is 1. The first-order valence-corrected chi connectivity index (χ1v) is 33.4. The Morgan fingerprint density at radius 3 is 2.46 bits per heavy atom. The summed E-state index contributed by atoms with van der Waals surface area (Å²) in [4.78, 5) is 52.3. The van der Waals surface area contributed by atoms with E-state index in [1.807, 2.05) is 37.5 Å². The average Bonchev–Trinajstić information content (AvgIpc) is 1.66. The van der Waals surface area contributed by atoms with Gasteiger partial charge in [0.15, 0.2) is 17.5 Å². The SMILES string of the molecule is CC1CCC2=CC3CCC4C(C5COC(=O)C5c5cc[nH]c5)C#CCC5CC6(O)C7=C8NCC(=O)CC(c9ccc(O)cc9)CSSCC9C(O)C(O)CC(C)(C7CCC6(CCN=C(N)N)C5C(C)(O)C(O)CC(CO)C3C4C2C1)C9C8=O. The number of ketones is 2. The number of benzene rings is 1. The minimum Gasteiger partial charge on any atom is -0.508 e. The maximum absolute atomic E-state index is 16.1. The number of rotatable bonds is 7. The molecule has 6 bridgehead atoms. The summed E-state index contributed by atoms with van der Waals surface area (Å²) >= 11 is 0. The number of aliphatic hydroxyl groups is 6. The van der Waals surface area contributed by atoms with E-state index in [0.29, 0.717) is 35.8 Å². The van der Waals surface area contributed by atoms with Gasteiger partial charge in [-0.3, -0.25) is 19.4 Å². The first-order chi connectivity index (χ1) is 39.7. The number of nitrogens with zero attached hydrogens (tertiary/aromatic N) is 1. The number of allylic oxidation sites excluding steroid dienone is 3. The van der Waals surface area contributed by atoms with Crippen LogP contribution in [0.2, 0.25) is 0 Å². The average molecular weight is 1180 g/mol. The zero-order chi connectivity index (χ0) is 58.5. The maximum atomic E-state index is 16.1. The van der Waals surface area contributed by atoms with E-state index in [2.05, 4.69) is 40.1 Å². The third-order valence-corrected chi connectivity index (χ3v) is 26.1. The van der Waals surface area contributed by atoms with Crippen LogP contribution in [0, 0.1) is 106 Å². The monoisotopic (exact) mass is 1180 g/mol. The molecular formula is C65H87N5O11S2. The minimum absolute atomic E-state index is 0.00907. The van der Waals surface area contributed by atoms with Gasteiger partial charge in [0.1, 0.15) is 5.75 Å². The molecule has 2 aliphatic heterocycles. The molecule has 23 unspecified atom stereocenters. The van der Waals surface area contributed by atoms with Gasteiger partial charge in [0, 0.05) is 90.8 Å². The summed E-state index contributed by atoms with van der Waals surface area (Å²) in [5.74, 6) is 3.18. The fourth-order valence-corrected chi connectivity index (χ4v) is 22.9. The van der Waals surface area contributed by atoms with E-state index < -0.39 is 81.8 Å². The van der Waals surface area contributed by atoms with Gasteiger partial charge in [0.05, 0.1) is 54.3 Å². The largest absolute Gasteiger partial charge is 0.508 e. The Morgan fingerprint density at radius 2 is 1.71 bits per heavy atom. The van der Waals surface area contributed by atoms with Crippen LogP contribution in [0.5, 0.6) is 5.75 Å². The number of hydrogen-bond donors (Lipinski definition) is 11. The predicted octanol–water partition coefficient (Wildman–Crippen LogP) is 6.10. The van der Waals surface area contributed by atoms with E-state index in [4.69, 9.17) is 16.2 Å². The Hall–Kier alpha value is -4.32. The molecule has 5 saturated carbocycles. The minimum atomic E-state index is -1.93. The van der Waals surface area contributed by atoms with Crippen molar-refractivity contribution in [3.05, 3.63) is 76.8 Å². The van der Waals surface area contributed by atoms with Crippen molar-refractivity contribution in [3.63, 3.8) is 0 Å². The molecule has 18 heteroatoms. The van der Waals surface area contributed by atoms with Crippen molar-refractivity contribution in [1.29, 1.82) is 0 Å². The number of carbonyl (C=O) groups excluding carboxylic acids is 3. The van der Waals surface area contributed by atoms with E-state index >= 15 is 4.79 Å². The van der Waals surface area contributed by atoms with Crippen molar-refractivity contribution in [2.75, 3.05) is 37.8 Å². The van der Waals surface area contributed by atoms with Gasteiger partial charge in [-0.15, -0.1) is 5.92 Å². The molecule has 0 radical (unpaired) electrons. The number of phenolic OH excluding ortho intramolecular Hbond substituents is 1. The molecular weight excluding hydrogens is 1090 g/mol. The molecule has 23 atom stereocenters. The van der Waals surface area contributed by atoms with Crippen molar-refractivity contribution < 1.29 is 54.9 Å². The standard InChI is InChI=1S/C65H87N5O11S2/c1-33-7-8-35-22-36-11-14-44-43(46-30-81-60(78)52(46)38-16-19-68-27-38)6-4-5-37-25-65(80)55-48(15-17-64(65,18-20-69-61(66)67)59(37)63(3,79)50(75)24-39(29-71)51(36)53(44)45(35)21-33)62(2)26-49(74)57(76)47-32-83-82-31-40(34-9-12-41(72)13-10-34)23-42(73)28-70-56(55)58(77)54(47)62/h9-10,12-13,16,19,22,27,33,36-37,39-40,43-54,57,59,68,70-72,74-76,79-80H,5,7-8,11,14-15,17-18,20-21,23-26,28-32H2,1-3H3,(H4,66,67,69). The summed E-state index contributed by atoms with van der Waals surface area (Å²) in [6.45, 7) is 5.80. The van der Waals surface area contributed by atoms with E-state index in [0.717, 1.165) is 43.2 Å². The van der Waals surface area contributed by atoms with Crippen LogP contribution >= 0.6 is 21.6 Å². The second-order valence-corrected chi connectivity index (χ2v) is 30.3. The van der Waals surface area contributed by atoms with Crippen LogP contribution in [0.3, 0.4) is 0 Å². The summed E-state index contributed by atoms with van der Waals surface area (Å²) in [6.07, 6.45) is 8.55. The molecule has 2 aromatic rings. The van der Waals surface area contributed by atoms with Crippen LogP contribution in [0.15, 0.2) is 70.6 Å². The first kappa shape index (κ1) is 59.0. The Balaban J connectivity index is 1.02. The third kappa shape index (κ3) is 9.93. The smallest absolute Gasteiger partial charge is 0.313 e. The molecule has 83 heavy (non-hydrogen) atoms. The summed E-state index contributed by atoms with van der Waals surface area (Å²) in [6, 6.07) is 8.77. The Kier molecular flexibility index (Phi) is 16.2. The molecule has 12 rings (SSSR count). The van der Waals surface area contributed by atoms with Gasteiger partial charge in [-0.2, -0.15) is 0 Å².